The fourth-order valence-corrected chi connectivity index (χ4v) is 4.10. The number of amides is 4. The number of carbonyl (C=O) groups excluding carboxylic acids is 3. The normalized spacial score (nSPS) is 20.8. The van der Waals surface area contributed by atoms with Crippen LogP contribution in [0.15, 0.2) is 42.5 Å². The molecule has 2 aromatic carbocycles. The van der Waals surface area contributed by atoms with E-state index in [1.165, 1.54) is 0 Å². The molecule has 2 aliphatic rings. The zero-order chi connectivity index (χ0) is 21.5. The largest absolute Gasteiger partial charge is 0.497 e. The number of carbonyl (C=O) groups is 3. The lowest BCUT2D eigenvalue weighted by molar-refractivity contribution is -0.134. The van der Waals surface area contributed by atoms with Crippen LogP contribution < -0.4 is 15.0 Å². The van der Waals surface area contributed by atoms with Crippen molar-refractivity contribution < 1.29 is 19.1 Å². The minimum Gasteiger partial charge on any atom is -0.497 e. The molecule has 0 spiro atoms. The maximum atomic E-state index is 13.1. The van der Waals surface area contributed by atoms with Gasteiger partial charge in [0.25, 0.3) is 5.91 Å². The lowest BCUT2D eigenvalue weighted by Gasteiger charge is -2.31. The highest BCUT2D eigenvalue weighted by Crippen LogP contribution is 2.32. The predicted molar refractivity (Wildman–Crippen MR) is 112 cm³/mol. The fourth-order valence-electron chi connectivity index (χ4n) is 4.10. The summed E-state index contributed by atoms with van der Waals surface area (Å²) >= 11 is 0. The number of hydrogen-bond donors (Lipinski definition) is 1. The molecular weight excluding hydrogens is 382 g/mol. The van der Waals surface area contributed by atoms with Gasteiger partial charge in [0.2, 0.25) is 5.91 Å². The first kappa shape index (κ1) is 19.9. The molecule has 2 heterocycles. The van der Waals surface area contributed by atoms with Crippen molar-refractivity contribution in [1.82, 2.24) is 10.2 Å². The Morgan fingerprint density at radius 2 is 1.90 bits per heavy atom. The summed E-state index contributed by atoms with van der Waals surface area (Å²) in [5.74, 6) is 0.0421. The molecule has 4 rings (SSSR count). The van der Waals surface area contributed by atoms with Gasteiger partial charge in [-0.15, -0.1) is 0 Å². The van der Waals surface area contributed by atoms with Gasteiger partial charge in [0.05, 0.1) is 7.11 Å². The maximum absolute atomic E-state index is 13.1. The highest BCUT2D eigenvalue weighted by molar-refractivity contribution is 6.10. The van der Waals surface area contributed by atoms with Crippen LogP contribution in [0, 0.1) is 6.92 Å². The predicted octanol–water partition coefficient (Wildman–Crippen LogP) is 2.75. The van der Waals surface area contributed by atoms with Gasteiger partial charge in [-0.05, 0) is 56.0 Å². The summed E-state index contributed by atoms with van der Waals surface area (Å²) in [6, 6.07) is 12.5. The number of fused-ring (bicyclic) bond motifs is 1. The van der Waals surface area contributed by atoms with Crippen molar-refractivity contribution in [3.8, 4) is 5.75 Å². The van der Waals surface area contributed by atoms with E-state index in [1.54, 1.807) is 18.9 Å². The molecule has 2 aliphatic heterocycles. The third kappa shape index (κ3) is 3.30. The second-order valence-electron chi connectivity index (χ2n) is 7.96. The molecule has 7 heteroatoms. The smallest absolute Gasteiger partial charge is 0.325 e. The molecule has 0 bridgehead atoms. The van der Waals surface area contributed by atoms with Crippen molar-refractivity contribution in [2.75, 3.05) is 25.1 Å². The third-order valence-electron chi connectivity index (χ3n) is 5.90. The number of benzene rings is 2. The fraction of sp³-hybridized carbons (Fsp3) is 0.348. The van der Waals surface area contributed by atoms with Gasteiger partial charge in [-0.1, -0.05) is 29.8 Å². The monoisotopic (exact) mass is 407 g/mol. The van der Waals surface area contributed by atoms with E-state index in [0.29, 0.717) is 12.1 Å². The number of aryl methyl sites for hydroxylation is 2. The molecule has 2 aromatic rings. The van der Waals surface area contributed by atoms with Crippen LogP contribution in [0.25, 0.3) is 0 Å². The van der Waals surface area contributed by atoms with Crippen molar-refractivity contribution in [3.63, 3.8) is 0 Å². The molecule has 7 nitrogen and oxygen atoms in total. The number of anilines is 1. The Labute approximate surface area is 175 Å². The number of urea groups is 1. The van der Waals surface area contributed by atoms with E-state index >= 15 is 0 Å². The third-order valence-corrected chi connectivity index (χ3v) is 5.90. The number of methoxy groups -OCH3 is 1. The van der Waals surface area contributed by atoms with E-state index < -0.39 is 17.5 Å². The summed E-state index contributed by atoms with van der Waals surface area (Å²) in [4.78, 5) is 41.5. The highest BCUT2D eigenvalue weighted by atomic mass is 16.5. The van der Waals surface area contributed by atoms with Crippen LogP contribution in [-0.4, -0.2) is 42.9 Å². The Morgan fingerprint density at radius 3 is 2.60 bits per heavy atom. The van der Waals surface area contributed by atoms with Gasteiger partial charge in [-0.3, -0.25) is 14.5 Å². The number of nitrogens with zero attached hydrogens (tertiary/aromatic N) is 2. The first-order valence-corrected chi connectivity index (χ1v) is 10.0. The van der Waals surface area contributed by atoms with Crippen LogP contribution in [0.2, 0.25) is 0 Å². The average molecular weight is 407 g/mol. The first-order chi connectivity index (χ1) is 14.3. The molecule has 1 unspecified atom stereocenters. The Balaban J connectivity index is 1.55. The zero-order valence-corrected chi connectivity index (χ0v) is 17.4. The van der Waals surface area contributed by atoms with Gasteiger partial charge in [0.15, 0.2) is 0 Å². The molecule has 30 heavy (non-hydrogen) atoms. The maximum Gasteiger partial charge on any atom is 0.325 e. The van der Waals surface area contributed by atoms with Crippen molar-refractivity contribution >= 4 is 23.5 Å². The Kier molecular flexibility index (Phi) is 4.97. The molecule has 0 aromatic heterocycles. The summed E-state index contributed by atoms with van der Waals surface area (Å²) < 4.78 is 5.27. The minimum atomic E-state index is -1.18. The number of imide groups is 1. The van der Waals surface area contributed by atoms with Crippen molar-refractivity contribution in [1.29, 1.82) is 0 Å². The van der Waals surface area contributed by atoms with E-state index in [2.05, 4.69) is 5.32 Å². The summed E-state index contributed by atoms with van der Waals surface area (Å²) in [7, 11) is 1.61. The Bertz CT molecular complexity index is 1020. The molecule has 4 amide bonds. The number of ether oxygens (including phenoxy) is 1. The number of rotatable bonds is 4. The van der Waals surface area contributed by atoms with Gasteiger partial charge < -0.3 is 15.0 Å². The molecule has 156 valence electrons. The lowest BCUT2D eigenvalue weighted by Crippen LogP contribution is -2.46. The molecule has 1 atom stereocenters. The summed E-state index contributed by atoms with van der Waals surface area (Å²) in [5, 5.41) is 2.76. The van der Waals surface area contributed by atoms with Gasteiger partial charge in [-0.2, -0.15) is 0 Å². The van der Waals surface area contributed by atoms with E-state index in [1.807, 2.05) is 49.4 Å². The van der Waals surface area contributed by atoms with E-state index in [0.717, 1.165) is 40.3 Å². The van der Waals surface area contributed by atoms with Crippen LogP contribution in [-0.2, 0) is 21.5 Å². The second kappa shape index (κ2) is 7.48. The summed E-state index contributed by atoms with van der Waals surface area (Å²) in [5.41, 5.74) is 2.40. The molecule has 1 saturated heterocycles. The Morgan fingerprint density at radius 1 is 1.17 bits per heavy atom. The van der Waals surface area contributed by atoms with Crippen LogP contribution in [0.1, 0.15) is 30.0 Å². The zero-order valence-electron chi connectivity index (χ0n) is 17.4. The minimum absolute atomic E-state index is 0.280. The van der Waals surface area contributed by atoms with Gasteiger partial charge in [0, 0.05) is 12.2 Å². The van der Waals surface area contributed by atoms with Gasteiger partial charge >= 0.3 is 6.03 Å². The second-order valence-corrected chi connectivity index (χ2v) is 7.96. The molecule has 1 N–H and O–H groups in total. The van der Waals surface area contributed by atoms with Gasteiger partial charge in [-0.25, -0.2) is 4.79 Å². The number of hydrogen-bond acceptors (Lipinski definition) is 4. The SMILES string of the molecule is COc1ccc2c(c1)CCCN2C(=O)CN1C(=O)NC(C)(c2ccc(C)cc2)C1=O. The van der Waals surface area contributed by atoms with Crippen molar-refractivity contribution in [2.45, 2.75) is 32.2 Å². The van der Waals surface area contributed by atoms with Crippen molar-refractivity contribution in [3.05, 3.63) is 59.2 Å². The van der Waals surface area contributed by atoms with Crippen LogP contribution >= 0.6 is 0 Å². The average Bonchev–Trinajstić information content (AvgIpc) is 2.97. The van der Waals surface area contributed by atoms with Gasteiger partial charge in [0.1, 0.15) is 17.8 Å². The van der Waals surface area contributed by atoms with E-state index in [4.69, 9.17) is 4.74 Å². The topological polar surface area (TPSA) is 79.0 Å². The lowest BCUT2D eigenvalue weighted by atomic mass is 9.91. The summed E-state index contributed by atoms with van der Waals surface area (Å²) in [6.07, 6.45) is 1.66. The quantitative estimate of drug-likeness (QED) is 0.791. The van der Waals surface area contributed by atoms with E-state index in [-0.39, 0.29) is 12.5 Å². The molecule has 0 saturated carbocycles. The molecular formula is C23H25N3O4. The van der Waals surface area contributed by atoms with E-state index in [9.17, 15) is 14.4 Å². The van der Waals surface area contributed by atoms with Crippen LogP contribution in [0.4, 0.5) is 10.5 Å². The molecule has 0 aliphatic carbocycles. The highest BCUT2D eigenvalue weighted by Gasteiger charge is 2.49. The van der Waals surface area contributed by atoms with Crippen LogP contribution in [0.3, 0.4) is 0 Å². The van der Waals surface area contributed by atoms with Crippen molar-refractivity contribution in [2.24, 2.45) is 0 Å². The number of nitrogens with one attached hydrogen (secondary N) is 1. The molecule has 1 fully saturated rings. The Hall–Kier alpha value is -3.35. The summed E-state index contributed by atoms with van der Waals surface area (Å²) in [6.45, 7) is 3.89. The van der Waals surface area contributed by atoms with Crippen LogP contribution in [0.5, 0.6) is 5.75 Å². The molecule has 0 radical (unpaired) electrons. The first-order valence-electron chi connectivity index (χ1n) is 10.0. The standard InChI is InChI=1S/C23H25N3O4/c1-15-6-8-17(9-7-15)23(2)21(28)26(22(29)24-23)14-20(27)25-12-4-5-16-13-18(30-3)10-11-19(16)25/h6-11,13H,4-5,12,14H2,1-3H3,(H,24,29).